The predicted octanol–water partition coefficient (Wildman–Crippen LogP) is 1.24. The predicted molar refractivity (Wildman–Crippen MR) is 37.7 cm³/mol. The van der Waals surface area contributed by atoms with E-state index in [1.54, 1.807) is 0 Å². The summed E-state index contributed by atoms with van der Waals surface area (Å²) in [7, 11) is 0. The van der Waals surface area contributed by atoms with Crippen LogP contribution >= 0.6 is 16.1 Å². The van der Waals surface area contributed by atoms with Gasteiger partial charge in [0.1, 0.15) is 0 Å². The molecule has 0 aromatic heterocycles. The summed E-state index contributed by atoms with van der Waals surface area (Å²) in [6, 6.07) is 0. The SMILES string of the molecule is BrN1CCCC1.[H-].[H-].[Mg+2]. The van der Waals surface area contributed by atoms with Crippen molar-refractivity contribution in [1.29, 1.82) is 0 Å². The third kappa shape index (κ3) is 2.90. The van der Waals surface area contributed by atoms with E-state index in [9.17, 15) is 0 Å². The smallest absolute Gasteiger partial charge is 1.00 e. The topological polar surface area (TPSA) is 3.24 Å². The van der Waals surface area contributed by atoms with Crippen LogP contribution in [0.2, 0.25) is 0 Å². The zero-order valence-electron chi connectivity index (χ0n) is 6.36. The summed E-state index contributed by atoms with van der Waals surface area (Å²) >= 11 is 3.37. The molecule has 40 valence electrons. The first kappa shape index (κ1) is 8.21. The quantitative estimate of drug-likeness (QED) is 0.396. The molecule has 0 amide bonds. The molecule has 0 unspecified atom stereocenters. The molecule has 0 spiro atoms. The van der Waals surface area contributed by atoms with Crippen LogP contribution in [-0.4, -0.2) is 40.1 Å². The molecule has 0 atom stereocenters. The van der Waals surface area contributed by atoms with Crippen LogP contribution in [0.4, 0.5) is 0 Å². The van der Waals surface area contributed by atoms with Gasteiger partial charge in [-0.25, -0.2) is 3.93 Å². The van der Waals surface area contributed by atoms with E-state index in [4.69, 9.17) is 0 Å². The van der Waals surface area contributed by atoms with E-state index in [0.717, 1.165) is 0 Å². The zero-order valence-corrected chi connectivity index (χ0v) is 7.36. The second kappa shape index (κ2) is 4.12. The fraction of sp³-hybridized carbons (Fsp3) is 1.00. The van der Waals surface area contributed by atoms with E-state index < -0.39 is 0 Å². The van der Waals surface area contributed by atoms with E-state index in [2.05, 4.69) is 20.1 Å². The third-order valence-corrected chi connectivity index (χ3v) is 1.76. The van der Waals surface area contributed by atoms with Gasteiger partial charge in [-0.1, -0.05) is 0 Å². The number of hydrogen-bond donors (Lipinski definition) is 0. The molecule has 0 saturated carbocycles. The molecule has 1 rings (SSSR count). The summed E-state index contributed by atoms with van der Waals surface area (Å²) in [4.78, 5) is 0. The monoisotopic (exact) mass is 175 g/mol. The van der Waals surface area contributed by atoms with Gasteiger partial charge in [-0.3, -0.25) is 0 Å². The van der Waals surface area contributed by atoms with Crippen LogP contribution in [0.1, 0.15) is 15.7 Å². The molecule has 7 heavy (non-hydrogen) atoms. The van der Waals surface area contributed by atoms with E-state index in [1.807, 2.05) is 0 Å². The zero-order chi connectivity index (χ0) is 4.41. The summed E-state index contributed by atoms with van der Waals surface area (Å²) in [5, 5.41) is 0. The van der Waals surface area contributed by atoms with Gasteiger partial charge in [-0.15, -0.1) is 0 Å². The van der Waals surface area contributed by atoms with Gasteiger partial charge in [0.25, 0.3) is 0 Å². The molecule has 0 aromatic rings. The molecular formula is C4H10BrMgN. The van der Waals surface area contributed by atoms with Crippen LogP contribution in [-0.2, 0) is 0 Å². The van der Waals surface area contributed by atoms with Crippen LogP contribution in [0.5, 0.6) is 0 Å². The van der Waals surface area contributed by atoms with Crippen molar-refractivity contribution in [2.24, 2.45) is 0 Å². The minimum absolute atomic E-state index is 0. The summed E-state index contributed by atoms with van der Waals surface area (Å²) in [6.07, 6.45) is 2.73. The Kier molecular flexibility index (Phi) is 4.83. The van der Waals surface area contributed by atoms with Gasteiger partial charge in [0.15, 0.2) is 0 Å². The van der Waals surface area contributed by atoms with Gasteiger partial charge in [0.2, 0.25) is 0 Å². The second-order valence-corrected chi connectivity index (χ2v) is 2.62. The molecule has 0 radical (unpaired) electrons. The molecule has 1 fully saturated rings. The van der Waals surface area contributed by atoms with Crippen molar-refractivity contribution < 1.29 is 2.85 Å². The maximum Gasteiger partial charge on any atom is 2.00 e. The van der Waals surface area contributed by atoms with Crippen molar-refractivity contribution in [3.63, 3.8) is 0 Å². The van der Waals surface area contributed by atoms with Crippen molar-refractivity contribution in [1.82, 2.24) is 3.93 Å². The summed E-state index contributed by atoms with van der Waals surface area (Å²) in [5.41, 5.74) is 0. The molecule has 1 saturated heterocycles. The Hall–Kier alpha value is 1.21. The summed E-state index contributed by atoms with van der Waals surface area (Å²) in [6.45, 7) is 2.47. The van der Waals surface area contributed by atoms with E-state index in [1.165, 1.54) is 25.9 Å². The Bertz CT molecular complexity index is 51.8. The van der Waals surface area contributed by atoms with Crippen molar-refractivity contribution in [3.05, 3.63) is 0 Å². The molecular weight excluding hydrogens is 166 g/mol. The first-order valence-electron chi connectivity index (χ1n) is 2.30. The Labute approximate surface area is 71.9 Å². The van der Waals surface area contributed by atoms with Crippen molar-refractivity contribution >= 4 is 39.2 Å². The minimum Gasteiger partial charge on any atom is -1.00 e. The van der Waals surface area contributed by atoms with Gasteiger partial charge in [0.05, 0.1) is 0 Å². The molecule has 1 aliphatic rings. The van der Waals surface area contributed by atoms with Gasteiger partial charge in [-0.05, 0) is 12.8 Å². The van der Waals surface area contributed by atoms with Gasteiger partial charge >= 0.3 is 23.1 Å². The largest absolute Gasteiger partial charge is 2.00 e. The average Bonchev–Trinajstić information content (AvgIpc) is 1.86. The van der Waals surface area contributed by atoms with Crippen molar-refractivity contribution in [2.45, 2.75) is 12.8 Å². The normalized spacial score (nSPS) is 21.9. The number of hydrogen-bond acceptors (Lipinski definition) is 1. The molecule has 3 heteroatoms. The van der Waals surface area contributed by atoms with Crippen LogP contribution in [0.25, 0.3) is 0 Å². The molecule has 0 N–H and O–H groups in total. The maximum atomic E-state index is 3.37. The summed E-state index contributed by atoms with van der Waals surface area (Å²) in [5.74, 6) is 0. The van der Waals surface area contributed by atoms with Crippen molar-refractivity contribution in [2.75, 3.05) is 13.1 Å². The van der Waals surface area contributed by atoms with Crippen LogP contribution in [0.15, 0.2) is 0 Å². The van der Waals surface area contributed by atoms with Crippen LogP contribution in [0, 0.1) is 0 Å². The second-order valence-electron chi connectivity index (χ2n) is 1.62. The molecule has 0 bridgehead atoms. The summed E-state index contributed by atoms with van der Waals surface area (Å²) < 4.78 is 2.17. The van der Waals surface area contributed by atoms with Gasteiger partial charge in [0, 0.05) is 29.2 Å². The Morgan fingerprint density at radius 2 is 1.71 bits per heavy atom. The third-order valence-electron chi connectivity index (χ3n) is 1.05. The standard InChI is InChI=1S/C4H8BrN.Mg.2H/c5-6-3-1-2-4-6;;;/h1-4H2;;;/q;+2;2*-1. The fourth-order valence-corrected chi connectivity index (χ4v) is 1.18. The first-order valence-corrected chi connectivity index (χ1v) is 3.01. The van der Waals surface area contributed by atoms with Crippen LogP contribution in [0.3, 0.4) is 0 Å². The average molecular weight is 176 g/mol. The van der Waals surface area contributed by atoms with E-state index in [0.29, 0.717) is 0 Å². The number of nitrogens with zero attached hydrogens (tertiary/aromatic N) is 1. The molecule has 1 aliphatic heterocycles. The Morgan fingerprint density at radius 1 is 1.29 bits per heavy atom. The van der Waals surface area contributed by atoms with Gasteiger partial charge in [-0.2, -0.15) is 0 Å². The van der Waals surface area contributed by atoms with Crippen molar-refractivity contribution in [3.8, 4) is 0 Å². The first-order chi connectivity index (χ1) is 2.89. The molecule has 1 heterocycles. The minimum atomic E-state index is 0. The Balaban J connectivity index is -0.000000120. The fourth-order valence-electron chi connectivity index (χ4n) is 0.679. The number of rotatable bonds is 0. The molecule has 0 aromatic carbocycles. The van der Waals surface area contributed by atoms with Crippen LogP contribution < -0.4 is 0 Å². The molecule has 0 aliphatic carbocycles. The Morgan fingerprint density at radius 3 is 1.86 bits per heavy atom. The van der Waals surface area contributed by atoms with E-state index >= 15 is 0 Å². The maximum absolute atomic E-state index is 3.37. The van der Waals surface area contributed by atoms with E-state index in [-0.39, 0.29) is 25.9 Å². The molecule has 1 nitrogen and oxygen atoms in total. The van der Waals surface area contributed by atoms with Gasteiger partial charge < -0.3 is 2.85 Å². The number of halogens is 1.